The van der Waals surface area contributed by atoms with Crippen LogP contribution in [0.1, 0.15) is 12.5 Å². The van der Waals surface area contributed by atoms with Crippen LogP contribution in [0.3, 0.4) is 0 Å². The van der Waals surface area contributed by atoms with Gasteiger partial charge in [0.1, 0.15) is 17.6 Å². The first kappa shape index (κ1) is 13.5. The zero-order valence-corrected chi connectivity index (χ0v) is 11.1. The molecule has 2 heterocycles. The van der Waals surface area contributed by atoms with Gasteiger partial charge < -0.3 is 19.9 Å². The fraction of sp³-hybridized carbons (Fsp3) is 0.583. The maximum absolute atomic E-state index is 11.4. The van der Waals surface area contributed by atoms with Crippen molar-refractivity contribution in [2.45, 2.75) is 19.9 Å². The standard InChI is InChI=1S/C12H17N3O4/c1-7-9(13-6-14-10(7)18-3)15-8-4-19-5-12(8,2)11(16)17/h6,8H,4-5H2,1-3H3,(H,16,17)(H,13,14,15). The Bertz CT molecular complexity index is 494. The first-order valence-corrected chi connectivity index (χ1v) is 5.92. The summed E-state index contributed by atoms with van der Waals surface area (Å²) in [6.07, 6.45) is 1.38. The average molecular weight is 267 g/mol. The second-order valence-electron chi connectivity index (χ2n) is 4.79. The average Bonchev–Trinajstić information content (AvgIpc) is 2.75. The van der Waals surface area contributed by atoms with E-state index in [-0.39, 0.29) is 12.6 Å². The van der Waals surface area contributed by atoms with Gasteiger partial charge in [0.15, 0.2) is 0 Å². The van der Waals surface area contributed by atoms with E-state index < -0.39 is 11.4 Å². The van der Waals surface area contributed by atoms with Gasteiger partial charge in [0.05, 0.1) is 31.9 Å². The molecular formula is C12H17N3O4. The number of ether oxygens (including phenoxy) is 2. The Morgan fingerprint density at radius 3 is 3.00 bits per heavy atom. The summed E-state index contributed by atoms with van der Waals surface area (Å²) in [7, 11) is 1.53. The lowest BCUT2D eigenvalue weighted by Gasteiger charge is -2.26. The molecule has 0 aliphatic carbocycles. The van der Waals surface area contributed by atoms with E-state index in [4.69, 9.17) is 9.47 Å². The summed E-state index contributed by atoms with van der Waals surface area (Å²) < 4.78 is 10.4. The summed E-state index contributed by atoms with van der Waals surface area (Å²) in [4.78, 5) is 19.5. The Balaban J connectivity index is 2.24. The molecule has 7 heteroatoms. The number of carbonyl (C=O) groups is 1. The van der Waals surface area contributed by atoms with Crippen LogP contribution in [-0.2, 0) is 9.53 Å². The molecule has 0 bridgehead atoms. The monoisotopic (exact) mass is 267 g/mol. The first-order valence-electron chi connectivity index (χ1n) is 5.92. The van der Waals surface area contributed by atoms with E-state index in [9.17, 15) is 9.90 Å². The van der Waals surface area contributed by atoms with E-state index >= 15 is 0 Å². The van der Waals surface area contributed by atoms with Gasteiger partial charge in [-0.05, 0) is 13.8 Å². The van der Waals surface area contributed by atoms with Crippen molar-refractivity contribution in [1.82, 2.24) is 9.97 Å². The lowest BCUT2D eigenvalue weighted by molar-refractivity contribution is -0.148. The minimum absolute atomic E-state index is 0.182. The molecule has 19 heavy (non-hydrogen) atoms. The van der Waals surface area contributed by atoms with Crippen molar-refractivity contribution < 1.29 is 19.4 Å². The quantitative estimate of drug-likeness (QED) is 0.829. The number of anilines is 1. The van der Waals surface area contributed by atoms with Gasteiger partial charge in [0.2, 0.25) is 5.88 Å². The number of methoxy groups -OCH3 is 1. The third-order valence-electron chi connectivity index (χ3n) is 3.49. The molecule has 0 saturated carbocycles. The normalized spacial score (nSPS) is 26.2. The molecule has 0 spiro atoms. The van der Waals surface area contributed by atoms with E-state index in [2.05, 4.69) is 15.3 Å². The topological polar surface area (TPSA) is 93.6 Å². The number of nitrogens with zero attached hydrogens (tertiary/aromatic N) is 2. The van der Waals surface area contributed by atoms with Gasteiger partial charge in [-0.25, -0.2) is 9.97 Å². The number of aromatic nitrogens is 2. The number of aliphatic carboxylic acids is 1. The second-order valence-corrected chi connectivity index (χ2v) is 4.79. The van der Waals surface area contributed by atoms with Crippen molar-refractivity contribution in [2.75, 3.05) is 25.6 Å². The molecule has 1 aliphatic rings. The third-order valence-corrected chi connectivity index (χ3v) is 3.49. The van der Waals surface area contributed by atoms with Gasteiger partial charge in [-0.2, -0.15) is 0 Å². The van der Waals surface area contributed by atoms with Gasteiger partial charge in [0, 0.05) is 0 Å². The molecule has 1 fully saturated rings. The first-order chi connectivity index (χ1) is 8.99. The Morgan fingerprint density at radius 2 is 2.37 bits per heavy atom. The lowest BCUT2D eigenvalue weighted by Crippen LogP contribution is -2.43. The minimum Gasteiger partial charge on any atom is -0.481 e. The molecule has 0 radical (unpaired) electrons. The van der Waals surface area contributed by atoms with Crippen LogP contribution in [0.15, 0.2) is 6.33 Å². The molecule has 104 valence electrons. The Labute approximate surface area is 111 Å². The molecule has 0 amide bonds. The van der Waals surface area contributed by atoms with Crippen molar-refractivity contribution in [2.24, 2.45) is 5.41 Å². The van der Waals surface area contributed by atoms with Crippen LogP contribution in [0.25, 0.3) is 0 Å². The van der Waals surface area contributed by atoms with Crippen LogP contribution < -0.4 is 10.1 Å². The molecule has 1 saturated heterocycles. The molecule has 2 N–H and O–H groups in total. The molecule has 1 aromatic heterocycles. The summed E-state index contributed by atoms with van der Waals surface area (Å²) in [6, 6.07) is -0.344. The van der Waals surface area contributed by atoms with E-state index in [1.807, 2.05) is 6.92 Å². The van der Waals surface area contributed by atoms with Gasteiger partial charge in [0.25, 0.3) is 0 Å². The van der Waals surface area contributed by atoms with Gasteiger partial charge in [-0.1, -0.05) is 0 Å². The Hall–Kier alpha value is -1.89. The number of nitrogens with one attached hydrogen (secondary N) is 1. The maximum atomic E-state index is 11.4. The molecule has 2 unspecified atom stereocenters. The molecule has 7 nitrogen and oxygen atoms in total. The molecule has 2 atom stereocenters. The molecular weight excluding hydrogens is 250 g/mol. The summed E-state index contributed by atoms with van der Waals surface area (Å²) in [5, 5.41) is 12.4. The second kappa shape index (κ2) is 5.00. The summed E-state index contributed by atoms with van der Waals surface area (Å²) in [6.45, 7) is 3.98. The Kier molecular flexibility index (Phi) is 3.57. The van der Waals surface area contributed by atoms with Crippen LogP contribution in [0.4, 0.5) is 5.82 Å². The van der Waals surface area contributed by atoms with E-state index in [0.717, 1.165) is 5.56 Å². The van der Waals surface area contributed by atoms with E-state index in [1.165, 1.54) is 13.4 Å². The zero-order chi connectivity index (χ0) is 14.0. The maximum Gasteiger partial charge on any atom is 0.313 e. The number of carboxylic acids is 1. The zero-order valence-electron chi connectivity index (χ0n) is 11.1. The van der Waals surface area contributed by atoms with Gasteiger partial charge >= 0.3 is 5.97 Å². The molecule has 1 aliphatic heterocycles. The lowest BCUT2D eigenvalue weighted by atomic mass is 9.85. The largest absolute Gasteiger partial charge is 0.481 e. The highest BCUT2D eigenvalue weighted by atomic mass is 16.5. The SMILES string of the molecule is COc1ncnc(NC2COCC2(C)C(=O)O)c1C. The molecule has 1 aromatic rings. The number of carboxylic acid groups (broad SMARTS) is 1. The summed E-state index contributed by atoms with van der Waals surface area (Å²) >= 11 is 0. The highest BCUT2D eigenvalue weighted by molar-refractivity contribution is 5.76. The highest BCUT2D eigenvalue weighted by Crippen LogP contribution is 2.32. The van der Waals surface area contributed by atoms with Crippen molar-refractivity contribution in [3.63, 3.8) is 0 Å². The van der Waals surface area contributed by atoms with Crippen LogP contribution in [-0.4, -0.2) is 47.4 Å². The minimum atomic E-state index is -0.968. The van der Waals surface area contributed by atoms with E-state index in [0.29, 0.717) is 18.3 Å². The van der Waals surface area contributed by atoms with Crippen LogP contribution in [0.5, 0.6) is 5.88 Å². The molecule has 2 rings (SSSR count). The Morgan fingerprint density at radius 1 is 1.63 bits per heavy atom. The van der Waals surface area contributed by atoms with Gasteiger partial charge in [-0.3, -0.25) is 4.79 Å². The predicted octanol–water partition coefficient (Wildman–Crippen LogP) is 0.695. The number of hydrogen-bond donors (Lipinski definition) is 2. The smallest absolute Gasteiger partial charge is 0.313 e. The number of rotatable bonds is 4. The van der Waals surface area contributed by atoms with Crippen molar-refractivity contribution in [1.29, 1.82) is 0 Å². The highest BCUT2D eigenvalue weighted by Gasteiger charge is 2.47. The summed E-state index contributed by atoms with van der Waals surface area (Å²) in [5.74, 6) is 0.143. The van der Waals surface area contributed by atoms with Crippen molar-refractivity contribution in [3.8, 4) is 5.88 Å². The number of hydrogen-bond acceptors (Lipinski definition) is 6. The third kappa shape index (κ3) is 2.33. The van der Waals surface area contributed by atoms with Crippen molar-refractivity contribution >= 4 is 11.8 Å². The summed E-state index contributed by atoms with van der Waals surface area (Å²) in [5.41, 5.74) is -0.227. The van der Waals surface area contributed by atoms with Crippen LogP contribution in [0, 0.1) is 12.3 Å². The fourth-order valence-corrected chi connectivity index (χ4v) is 2.04. The van der Waals surface area contributed by atoms with Gasteiger partial charge in [-0.15, -0.1) is 0 Å². The fourth-order valence-electron chi connectivity index (χ4n) is 2.04. The van der Waals surface area contributed by atoms with E-state index in [1.54, 1.807) is 6.92 Å². The van der Waals surface area contributed by atoms with Crippen LogP contribution in [0.2, 0.25) is 0 Å². The predicted molar refractivity (Wildman–Crippen MR) is 67.3 cm³/mol. The van der Waals surface area contributed by atoms with Crippen LogP contribution >= 0.6 is 0 Å². The molecule has 0 aromatic carbocycles. The van der Waals surface area contributed by atoms with Crippen molar-refractivity contribution in [3.05, 3.63) is 11.9 Å².